The van der Waals surface area contributed by atoms with Crippen LogP contribution < -0.4 is 5.32 Å². The van der Waals surface area contributed by atoms with Gasteiger partial charge in [-0.1, -0.05) is 48.5 Å². The van der Waals surface area contributed by atoms with E-state index in [9.17, 15) is 0 Å². The topological polar surface area (TPSA) is 27.8 Å². The summed E-state index contributed by atoms with van der Waals surface area (Å²) in [6, 6.07) is 24.3. The van der Waals surface area contributed by atoms with Crippen molar-refractivity contribution in [2.24, 2.45) is 0 Å². The molecular formula is C24H18N2. The quantitative estimate of drug-likeness (QED) is 0.440. The van der Waals surface area contributed by atoms with Crippen LogP contribution in [0.25, 0.3) is 33.0 Å². The molecule has 0 fully saturated rings. The molecule has 124 valence electrons. The monoisotopic (exact) mass is 334 g/mol. The SMILES string of the molecule is C1=C(c2ccc3[nH]c4ccccc4c3c2)C=C2c3ccccc3NC2C1. The second-order valence-corrected chi connectivity index (χ2v) is 7.17. The van der Waals surface area contributed by atoms with Gasteiger partial charge in [-0.3, -0.25) is 0 Å². The molecule has 1 aromatic heterocycles. The molecule has 0 spiro atoms. The van der Waals surface area contributed by atoms with Gasteiger partial charge >= 0.3 is 0 Å². The molecule has 26 heavy (non-hydrogen) atoms. The van der Waals surface area contributed by atoms with E-state index in [2.05, 4.69) is 89.2 Å². The maximum absolute atomic E-state index is 3.64. The summed E-state index contributed by atoms with van der Waals surface area (Å²) in [7, 11) is 0. The molecule has 2 nitrogen and oxygen atoms in total. The van der Waals surface area contributed by atoms with Gasteiger partial charge in [0.05, 0.1) is 6.04 Å². The number of allylic oxidation sites excluding steroid dienone is 2. The fourth-order valence-corrected chi connectivity index (χ4v) is 4.38. The Balaban J connectivity index is 1.49. The van der Waals surface area contributed by atoms with Gasteiger partial charge in [0.25, 0.3) is 0 Å². The Morgan fingerprint density at radius 1 is 0.808 bits per heavy atom. The van der Waals surface area contributed by atoms with E-state index in [1.807, 2.05) is 0 Å². The molecule has 1 aliphatic heterocycles. The van der Waals surface area contributed by atoms with Crippen molar-refractivity contribution in [1.82, 2.24) is 4.98 Å². The van der Waals surface area contributed by atoms with Crippen LogP contribution in [0.4, 0.5) is 5.69 Å². The predicted octanol–water partition coefficient (Wildman–Crippen LogP) is 5.99. The van der Waals surface area contributed by atoms with Gasteiger partial charge in [-0.25, -0.2) is 0 Å². The highest BCUT2D eigenvalue weighted by molar-refractivity contribution is 6.08. The lowest BCUT2D eigenvalue weighted by Gasteiger charge is -2.18. The summed E-state index contributed by atoms with van der Waals surface area (Å²) in [5, 5.41) is 6.23. The van der Waals surface area contributed by atoms with Crippen molar-refractivity contribution in [3.05, 3.63) is 90.0 Å². The summed E-state index contributed by atoms with van der Waals surface area (Å²) in [4.78, 5) is 3.51. The van der Waals surface area contributed by atoms with Gasteiger partial charge in [0, 0.05) is 33.1 Å². The number of aromatic amines is 1. The molecule has 3 aromatic carbocycles. The highest BCUT2D eigenvalue weighted by Gasteiger charge is 2.27. The van der Waals surface area contributed by atoms with Gasteiger partial charge in [-0.2, -0.15) is 0 Å². The summed E-state index contributed by atoms with van der Waals surface area (Å²) in [5.74, 6) is 0. The number of rotatable bonds is 1. The zero-order chi connectivity index (χ0) is 17.1. The van der Waals surface area contributed by atoms with Crippen LogP contribution in [0.15, 0.2) is 78.9 Å². The minimum absolute atomic E-state index is 0.410. The third-order valence-corrected chi connectivity index (χ3v) is 5.67. The third-order valence-electron chi connectivity index (χ3n) is 5.67. The normalized spacial score (nSPS) is 18.2. The van der Waals surface area contributed by atoms with Crippen LogP contribution in [0.1, 0.15) is 17.5 Å². The first-order valence-electron chi connectivity index (χ1n) is 9.15. The lowest BCUT2D eigenvalue weighted by atomic mass is 9.89. The number of anilines is 1. The van der Waals surface area contributed by atoms with Crippen molar-refractivity contribution < 1.29 is 0 Å². The highest BCUT2D eigenvalue weighted by atomic mass is 15.0. The summed E-state index contributed by atoms with van der Waals surface area (Å²) >= 11 is 0. The molecule has 0 saturated heterocycles. The van der Waals surface area contributed by atoms with Crippen molar-refractivity contribution in [3.8, 4) is 0 Å². The minimum Gasteiger partial charge on any atom is -0.377 e. The molecule has 0 amide bonds. The van der Waals surface area contributed by atoms with Crippen molar-refractivity contribution in [2.45, 2.75) is 12.5 Å². The van der Waals surface area contributed by atoms with E-state index in [0.29, 0.717) is 6.04 Å². The molecule has 0 saturated carbocycles. The van der Waals surface area contributed by atoms with E-state index in [1.54, 1.807) is 0 Å². The zero-order valence-corrected chi connectivity index (χ0v) is 14.3. The van der Waals surface area contributed by atoms with Crippen LogP contribution in [-0.4, -0.2) is 11.0 Å². The Morgan fingerprint density at radius 3 is 2.65 bits per heavy atom. The molecule has 1 aliphatic carbocycles. The highest BCUT2D eigenvalue weighted by Crippen LogP contribution is 2.41. The largest absolute Gasteiger partial charge is 0.377 e. The van der Waals surface area contributed by atoms with Crippen LogP contribution in [0.3, 0.4) is 0 Å². The van der Waals surface area contributed by atoms with E-state index in [0.717, 1.165) is 6.42 Å². The second kappa shape index (κ2) is 5.12. The molecule has 2 N–H and O–H groups in total. The number of benzene rings is 3. The smallest absolute Gasteiger partial charge is 0.0555 e. The molecule has 2 aliphatic rings. The van der Waals surface area contributed by atoms with Crippen molar-refractivity contribution in [2.75, 3.05) is 5.32 Å². The molecular weight excluding hydrogens is 316 g/mol. The number of H-pyrrole nitrogens is 1. The van der Waals surface area contributed by atoms with Crippen LogP contribution in [0.2, 0.25) is 0 Å². The number of hydrogen-bond donors (Lipinski definition) is 2. The number of para-hydroxylation sites is 2. The maximum Gasteiger partial charge on any atom is 0.0555 e. The van der Waals surface area contributed by atoms with E-state index in [1.165, 1.54) is 49.8 Å². The van der Waals surface area contributed by atoms with Crippen molar-refractivity contribution in [3.63, 3.8) is 0 Å². The van der Waals surface area contributed by atoms with Gasteiger partial charge in [0.2, 0.25) is 0 Å². The maximum atomic E-state index is 3.64. The van der Waals surface area contributed by atoms with Crippen LogP contribution >= 0.6 is 0 Å². The van der Waals surface area contributed by atoms with Gasteiger partial charge in [-0.15, -0.1) is 0 Å². The fraction of sp³-hybridized carbons (Fsp3) is 0.0833. The van der Waals surface area contributed by atoms with E-state index in [4.69, 9.17) is 0 Å². The number of nitrogens with one attached hydrogen (secondary N) is 2. The van der Waals surface area contributed by atoms with Gasteiger partial charge < -0.3 is 10.3 Å². The summed E-state index contributed by atoms with van der Waals surface area (Å²) in [6.45, 7) is 0. The van der Waals surface area contributed by atoms with Gasteiger partial charge in [0.15, 0.2) is 0 Å². The van der Waals surface area contributed by atoms with Crippen LogP contribution in [0.5, 0.6) is 0 Å². The first-order chi connectivity index (χ1) is 12.9. The minimum atomic E-state index is 0.410. The molecule has 0 bridgehead atoms. The van der Waals surface area contributed by atoms with Crippen LogP contribution in [-0.2, 0) is 0 Å². The predicted molar refractivity (Wildman–Crippen MR) is 110 cm³/mol. The Morgan fingerprint density at radius 2 is 1.65 bits per heavy atom. The lowest BCUT2D eigenvalue weighted by Crippen LogP contribution is -2.15. The third kappa shape index (κ3) is 1.93. The molecule has 1 unspecified atom stereocenters. The van der Waals surface area contributed by atoms with Crippen LogP contribution in [0, 0.1) is 0 Å². The Hall–Kier alpha value is -3.26. The van der Waals surface area contributed by atoms with Gasteiger partial charge in [-0.05, 0) is 53.5 Å². The Labute approximate surface area is 151 Å². The number of fused-ring (bicyclic) bond motifs is 6. The number of hydrogen-bond acceptors (Lipinski definition) is 1. The summed E-state index contributed by atoms with van der Waals surface area (Å²) in [6.07, 6.45) is 5.76. The first-order valence-corrected chi connectivity index (χ1v) is 9.15. The Kier molecular flexibility index (Phi) is 2.75. The van der Waals surface area contributed by atoms with E-state index >= 15 is 0 Å². The summed E-state index contributed by atoms with van der Waals surface area (Å²) in [5.41, 5.74) is 9.02. The average Bonchev–Trinajstić information content (AvgIpc) is 3.25. The lowest BCUT2D eigenvalue weighted by molar-refractivity contribution is 0.931. The number of aromatic nitrogens is 1. The molecule has 0 radical (unpaired) electrons. The molecule has 4 aromatic rings. The Bertz CT molecular complexity index is 1240. The average molecular weight is 334 g/mol. The van der Waals surface area contributed by atoms with E-state index in [-0.39, 0.29) is 0 Å². The standard InChI is InChI=1S/C24H18N2/c1-3-7-21-17(5-1)19-13-15(9-11-23(19)25-21)16-10-12-24-20(14-16)18-6-2-4-8-22(18)26-24/h1-11,13-14,24-26H,12H2. The fourth-order valence-electron chi connectivity index (χ4n) is 4.38. The second-order valence-electron chi connectivity index (χ2n) is 7.17. The first kappa shape index (κ1) is 14.0. The molecule has 2 heterocycles. The summed E-state index contributed by atoms with van der Waals surface area (Å²) < 4.78 is 0. The van der Waals surface area contributed by atoms with Crippen molar-refractivity contribution in [1.29, 1.82) is 0 Å². The van der Waals surface area contributed by atoms with E-state index < -0.39 is 0 Å². The molecule has 1 atom stereocenters. The van der Waals surface area contributed by atoms with Gasteiger partial charge in [0.1, 0.15) is 0 Å². The van der Waals surface area contributed by atoms with Crippen molar-refractivity contribution >= 4 is 38.6 Å². The zero-order valence-electron chi connectivity index (χ0n) is 14.3. The molecule has 6 rings (SSSR count). The molecule has 2 heteroatoms.